The Labute approximate surface area is 118 Å². The van der Waals surface area contributed by atoms with E-state index in [2.05, 4.69) is 0 Å². The second-order valence-corrected chi connectivity index (χ2v) is 7.46. The van der Waals surface area contributed by atoms with E-state index in [1.54, 1.807) is 0 Å². The van der Waals surface area contributed by atoms with Gasteiger partial charge in [0.15, 0.2) is 5.12 Å². The molecule has 0 N–H and O–H groups in total. The normalized spacial score (nSPS) is 17.3. The first-order valence-electron chi connectivity index (χ1n) is 6.40. The highest BCUT2D eigenvalue weighted by atomic mass is 32.2. The van der Waals surface area contributed by atoms with E-state index in [1.807, 2.05) is 27.7 Å². The predicted octanol–water partition coefficient (Wildman–Crippen LogP) is 2.44. The summed E-state index contributed by atoms with van der Waals surface area (Å²) in [6, 6.07) is 0. The zero-order valence-corrected chi connectivity index (χ0v) is 12.7. The average Bonchev–Trinajstić information content (AvgIpc) is 2.69. The van der Waals surface area contributed by atoms with Crippen LogP contribution in [0.2, 0.25) is 0 Å². The van der Waals surface area contributed by atoms with Crippen molar-refractivity contribution in [3.63, 3.8) is 0 Å². The number of hydrogen-bond acceptors (Lipinski definition) is 5. The fourth-order valence-corrected chi connectivity index (χ4v) is 2.54. The summed E-state index contributed by atoms with van der Waals surface area (Å²) < 4.78 is 4.58. The Kier molecular flexibility index (Phi) is 5.40. The number of ether oxygens (including phenoxy) is 1. The third kappa shape index (κ3) is 5.22. The summed E-state index contributed by atoms with van der Waals surface area (Å²) in [4.78, 5) is 36.0. The lowest BCUT2D eigenvalue weighted by Crippen LogP contribution is -2.32. The lowest BCUT2D eigenvalue weighted by atomic mass is 10.1. The molecule has 0 saturated carbocycles. The van der Waals surface area contributed by atoms with Crippen molar-refractivity contribution in [2.75, 3.05) is 13.2 Å². The zero-order valence-electron chi connectivity index (χ0n) is 11.9. The summed E-state index contributed by atoms with van der Waals surface area (Å²) >= 11 is 1.29. The summed E-state index contributed by atoms with van der Waals surface area (Å²) in [5, 5.41) is 0.0873. The third-order valence-corrected chi connectivity index (χ3v) is 3.88. The van der Waals surface area contributed by atoms with Gasteiger partial charge in [0, 0.05) is 17.1 Å². The van der Waals surface area contributed by atoms with Crippen LogP contribution in [0.5, 0.6) is 0 Å². The van der Waals surface area contributed by atoms with Gasteiger partial charge in [0.2, 0.25) is 5.91 Å². The minimum atomic E-state index is -0.576. The van der Waals surface area contributed by atoms with Crippen LogP contribution in [-0.2, 0) is 14.3 Å². The summed E-state index contributed by atoms with van der Waals surface area (Å²) in [5.41, 5.74) is 0. The molecule has 1 aliphatic heterocycles. The lowest BCUT2D eigenvalue weighted by molar-refractivity contribution is -0.128. The first-order chi connectivity index (χ1) is 8.70. The van der Waals surface area contributed by atoms with E-state index in [1.165, 1.54) is 11.8 Å². The van der Waals surface area contributed by atoms with Gasteiger partial charge in [0.25, 0.3) is 0 Å². The molecule has 108 valence electrons. The van der Waals surface area contributed by atoms with E-state index in [0.717, 1.165) is 4.90 Å². The van der Waals surface area contributed by atoms with Crippen LogP contribution in [0.4, 0.5) is 4.79 Å². The average molecular weight is 287 g/mol. The number of hydrogen-bond donors (Lipinski definition) is 0. The highest BCUT2D eigenvalue weighted by Gasteiger charge is 2.29. The van der Waals surface area contributed by atoms with E-state index < -0.39 is 6.09 Å². The molecule has 0 bridgehead atoms. The molecular weight excluding hydrogens is 266 g/mol. The van der Waals surface area contributed by atoms with Gasteiger partial charge in [-0.15, -0.1) is 0 Å². The van der Waals surface area contributed by atoms with E-state index >= 15 is 0 Å². The number of carbonyl (C=O) groups excluding carboxylic acids is 3. The highest BCUT2D eigenvalue weighted by molar-refractivity contribution is 8.14. The molecule has 2 amide bonds. The van der Waals surface area contributed by atoms with Gasteiger partial charge in [-0.1, -0.05) is 39.5 Å². The molecule has 1 aliphatic rings. The molecule has 1 unspecified atom stereocenters. The Hall–Kier alpha value is -1.04. The van der Waals surface area contributed by atoms with Crippen molar-refractivity contribution in [1.29, 1.82) is 0 Å². The molecule has 0 aromatic heterocycles. The van der Waals surface area contributed by atoms with Crippen molar-refractivity contribution < 1.29 is 19.1 Å². The maximum absolute atomic E-state index is 11.9. The topological polar surface area (TPSA) is 63.7 Å². The number of rotatable bonds is 4. The molecule has 19 heavy (non-hydrogen) atoms. The molecule has 0 aliphatic carbocycles. The number of cyclic esters (lactones) is 1. The van der Waals surface area contributed by atoms with Crippen LogP contribution in [0.3, 0.4) is 0 Å². The van der Waals surface area contributed by atoms with Crippen LogP contribution < -0.4 is 0 Å². The van der Waals surface area contributed by atoms with Gasteiger partial charge in [-0.3, -0.25) is 9.59 Å². The first kappa shape index (κ1) is 16.0. The van der Waals surface area contributed by atoms with Crippen molar-refractivity contribution in [3.05, 3.63) is 0 Å². The zero-order chi connectivity index (χ0) is 14.6. The maximum atomic E-state index is 11.9. The summed E-state index contributed by atoms with van der Waals surface area (Å²) in [6.07, 6.45) is 0.0880. The minimum absolute atomic E-state index is 0.0873. The molecule has 1 saturated heterocycles. The van der Waals surface area contributed by atoms with Gasteiger partial charge < -0.3 is 4.74 Å². The Balaban J connectivity index is 2.37. The SMILES string of the molecule is CC(CCC(=O)N1CCOC1=O)C(=O)SC(C)(C)C. The molecule has 5 nitrogen and oxygen atoms in total. The highest BCUT2D eigenvalue weighted by Crippen LogP contribution is 2.28. The van der Waals surface area contributed by atoms with Crippen molar-refractivity contribution >= 4 is 28.9 Å². The molecule has 1 heterocycles. The van der Waals surface area contributed by atoms with E-state index in [4.69, 9.17) is 4.74 Å². The van der Waals surface area contributed by atoms with E-state index in [0.29, 0.717) is 13.0 Å². The van der Waals surface area contributed by atoms with Crippen molar-refractivity contribution in [2.45, 2.75) is 45.3 Å². The largest absolute Gasteiger partial charge is 0.447 e. The molecule has 0 radical (unpaired) electrons. The summed E-state index contributed by atoms with van der Waals surface area (Å²) in [7, 11) is 0. The second-order valence-electron chi connectivity index (χ2n) is 5.63. The van der Waals surface area contributed by atoms with Gasteiger partial charge in [0.1, 0.15) is 6.61 Å². The molecule has 1 fully saturated rings. The molecule has 6 heteroatoms. The molecule has 0 aromatic carbocycles. The lowest BCUT2D eigenvalue weighted by Gasteiger charge is -2.19. The van der Waals surface area contributed by atoms with Crippen molar-refractivity contribution in [3.8, 4) is 0 Å². The number of amides is 2. The van der Waals surface area contributed by atoms with E-state index in [-0.39, 0.29) is 34.7 Å². The van der Waals surface area contributed by atoms with Crippen LogP contribution >= 0.6 is 11.8 Å². The Bertz CT molecular complexity index is 375. The van der Waals surface area contributed by atoms with Gasteiger partial charge in [-0.25, -0.2) is 9.69 Å². The molecule has 1 atom stereocenters. The van der Waals surface area contributed by atoms with Crippen molar-refractivity contribution in [2.24, 2.45) is 5.92 Å². The molecular formula is C13H21NO4S. The fourth-order valence-electron chi connectivity index (χ4n) is 1.62. The third-order valence-electron chi connectivity index (χ3n) is 2.66. The number of carbonyl (C=O) groups is 3. The van der Waals surface area contributed by atoms with Gasteiger partial charge >= 0.3 is 6.09 Å². The quantitative estimate of drug-likeness (QED) is 0.794. The second kappa shape index (κ2) is 6.41. The van der Waals surface area contributed by atoms with E-state index in [9.17, 15) is 14.4 Å². The summed E-state index contributed by atoms with van der Waals surface area (Å²) in [5.74, 6) is -0.449. The Morgan fingerprint density at radius 2 is 2.05 bits per heavy atom. The van der Waals surface area contributed by atoms with Crippen LogP contribution in [0.1, 0.15) is 40.5 Å². The molecule has 0 spiro atoms. The number of thioether (sulfide) groups is 1. The molecule has 0 aromatic rings. The minimum Gasteiger partial charge on any atom is -0.447 e. The smallest absolute Gasteiger partial charge is 0.416 e. The van der Waals surface area contributed by atoms with Gasteiger partial charge in [-0.05, 0) is 6.42 Å². The number of nitrogens with zero attached hydrogens (tertiary/aromatic N) is 1. The Morgan fingerprint density at radius 1 is 1.42 bits per heavy atom. The number of imide groups is 1. The van der Waals surface area contributed by atoms with Gasteiger partial charge in [-0.2, -0.15) is 0 Å². The van der Waals surface area contributed by atoms with Gasteiger partial charge in [0.05, 0.1) is 6.54 Å². The van der Waals surface area contributed by atoms with Crippen molar-refractivity contribution in [1.82, 2.24) is 4.90 Å². The van der Waals surface area contributed by atoms with Crippen LogP contribution in [0.25, 0.3) is 0 Å². The summed E-state index contributed by atoms with van der Waals surface area (Å²) in [6.45, 7) is 8.33. The monoisotopic (exact) mass is 287 g/mol. The maximum Gasteiger partial charge on any atom is 0.416 e. The standard InChI is InChI=1S/C13H21NO4S/c1-9(11(16)19-13(2,3)4)5-6-10(15)14-7-8-18-12(14)17/h9H,5-8H2,1-4H3. The first-order valence-corrected chi connectivity index (χ1v) is 7.22. The molecule has 1 rings (SSSR count). The predicted molar refractivity (Wildman–Crippen MR) is 73.8 cm³/mol. The van der Waals surface area contributed by atoms with Crippen LogP contribution in [0, 0.1) is 5.92 Å². The Morgan fingerprint density at radius 3 is 2.53 bits per heavy atom. The fraction of sp³-hybridized carbons (Fsp3) is 0.769. The van der Waals surface area contributed by atoms with Crippen LogP contribution in [0.15, 0.2) is 0 Å². The van der Waals surface area contributed by atoms with Crippen LogP contribution in [-0.4, -0.2) is 39.9 Å².